The van der Waals surface area contributed by atoms with Gasteiger partial charge in [0.25, 0.3) is 0 Å². The van der Waals surface area contributed by atoms with Gasteiger partial charge in [-0.05, 0) is 17.7 Å². The molecule has 0 bridgehead atoms. The summed E-state index contributed by atoms with van der Waals surface area (Å²) in [4.78, 5) is 16.1. The highest BCUT2D eigenvalue weighted by atomic mass is 32.2. The van der Waals surface area contributed by atoms with Crippen LogP contribution in [-0.4, -0.2) is 29.6 Å². The van der Waals surface area contributed by atoms with Crippen LogP contribution in [0.5, 0.6) is 0 Å². The maximum Gasteiger partial charge on any atom is 0.225 e. The number of sulfone groups is 1. The van der Waals surface area contributed by atoms with E-state index in [1.165, 1.54) is 18.2 Å². The van der Waals surface area contributed by atoms with Crippen LogP contribution >= 0.6 is 0 Å². The second kappa shape index (κ2) is 8.79. The van der Waals surface area contributed by atoms with Crippen molar-refractivity contribution in [2.24, 2.45) is 0 Å². The number of para-hydroxylation sites is 1. The molecule has 0 unspecified atom stereocenters. The maximum atomic E-state index is 13.6. The zero-order chi connectivity index (χ0) is 20.0. The number of rotatable bonds is 8. The Kier molecular flexibility index (Phi) is 6.20. The lowest BCUT2D eigenvalue weighted by molar-refractivity contribution is -0.115. The first-order chi connectivity index (χ1) is 13.4. The van der Waals surface area contributed by atoms with E-state index in [0.29, 0.717) is 12.4 Å². The lowest BCUT2D eigenvalue weighted by Crippen LogP contribution is -2.20. The Morgan fingerprint density at radius 2 is 1.79 bits per heavy atom. The third-order valence-electron chi connectivity index (χ3n) is 4.13. The van der Waals surface area contributed by atoms with Crippen molar-refractivity contribution >= 4 is 21.4 Å². The Bertz CT molecular complexity index is 1050. The van der Waals surface area contributed by atoms with E-state index in [0.717, 1.165) is 5.56 Å². The first-order valence-corrected chi connectivity index (χ1v) is 10.5. The van der Waals surface area contributed by atoms with Crippen LogP contribution in [0.4, 0.5) is 10.1 Å². The van der Waals surface area contributed by atoms with Crippen LogP contribution in [0.3, 0.4) is 0 Å². The quantitative estimate of drug-likeness (QED) is 0.629. The Labute approximate surface area is 163 Å². The van der Waals surface area contributed by atoms with Crippen LogP contribution in [0.25, 0.3) is 0 Å². The molecule has 2 aromatic carbocycles. The third-order valence-corrected chi connectivity index (χ3v) is 5.66. The van der Waals surface area contributed by atoms with E-state index >= 15 is 0 Å². The molecular formula is C20H20FN3O3S. The molecule has 6 nitrogen and oxygen atoms in total. The second-order valence-electron chi connectivity index (χ2n) is 6.33. The first-order valence-electron chi connectivity index (χ1n) is 8.72. The molecular weight excluding hydrogens is 381 g/mol. The molecule has 1 aromatic heterocycles. The zero-order valence-electron chi connectivity index (χ0n) is 15.1. The number of nitrogens with zero attached hydrogens (tertiary/aromatic N) is 2. The molecule has 0 radical (unpaired) electrons. The summed E-state index contributed by atoms with van der Waals surface area (Å²) in [5, 5.41) is 2.39. The number of hydrogen-bond acceptors (Lipinski definition) is 4. The number of hydrogen-bond donors (Lipinski definition) is 1. The highest BCUT2D eigenvalue weighted by Gasteiger charge is 2.18. The van der Waals surface area contributed by atoms with Crippen molar-refractivity contribution in [3.8, 4) is 0 Å². The number of imidazole rings is 1. The van der Waals surface area contributed by atoms with Crippen molar-refractivity contribution in [2.45, 2.75) is 18.7 Å². The Balaban J connectivity index is 1.58. The van der Waals surface area contributed by atoms with Crippen molar-refractivity contribution in [3.63, 3.8) is 0 Å². The average Bonchev–Trinajstić information content (AvgIpc) is 3.09. The second-order valence-corrected chi connectivity index (χ2v) is 8.51. The smallest absolute Gasteiger partial charge is 0.225 e. The molecule has 1 amide bonds. The molecule has 1 heterocycles. The van der Waals surface area contributed by atoms with Crippen LogP contribution in [0, 0.1) is 5.82 Å². The van der Waals surface area contributed by atoms with E-state index in [4.69, 9.17) is 0 Å². The van der Waals surface area contributed by atoms with Gasteiger partial charge in [0.05, 0.1) is 11.4 Å². The number of halogens is 1. The van der Waals surface area contributed by atoms with Gasteiger partial charge in [-0.3, -0.25) is 4.79 Å². The SMILES string of the molecule is O=C(CCS(=O)(=O)Cc1nccn1Cc1ccccc1)Nc1ccccc1F. The van der Waals surface area contributed by atoms with E-state index in [9.17, 15) is 17.6 Å². The van der Waals surface area contributed by atoms with Gasteiger partial charge in [-0.25, -0.2) is 17.8 Å². The van der Waals surface area contributed by atoms with Crippen molar-refractivity contribution in [1.82, 2.24) is 9.55 Å². The molecule has 28 heavy (non-hydrogen) atoms. The predicted octanol–water partition coefficient (Wildman–Crippen LogP) is 3.01. The summed E-state index contributed by atoms with van der Waals surface area (Å²) in [5.74, 6) is -1.31. The molecule has 0 aliphatic rings. The molecule has 0 spiro atoms. The number of nitrogens with one attached hydrogen (secondary N) is 1. The fourth-order valence-electron chi connectivity index (χ4n) is 2.70. The Morgan fingerprint density at radius 1 is 1.07 bits per heavy atom. The van der Waals surface area contributed by atoms with Gasteiger partial charge in [0, 0.05) is 25.4 Å². The van der Waals surface area contributed by atoms with Crippen molar-refractivity contribution in [1.29, 1.82) is 0 Å². The summed E-state index contributed by atoms with van der Waals surface area (Å²) >= 11 is 0. The molecule has 1 N–H and O–H groups in total. The predicted molar refractivity (Wildman–Crippen MR) is 105 cm³/mol. The van der Waals surface area contributed by atoms with Crippen LogP contribution in [-0.2, 0) is 26.9 Å². The van der Waals surface area contributed by atoms with Gasteiger partial charge in [-0.1, -0.05) is 42.5 Å². The van der Waals surface area contributed by atoms with Crippen molar-refractivity contribution < 1.29 is 17.6 Å². The van der Waals surface area contributed by atoms with Gasteiger partial charge < -0.3 is 9.88 Å². The van der Waals surface area contributed by atoms with Crippen molar-refractivity contribution in [2.75, 3.05) is 11.1 Å². The molecule has 3 rings (SSSR count). The Morgan fingerprint density at radius 3 is 2.54 bits per heavy atom. The fraction of sp³-hybridized carbons (Fsp3) is 0.200. The summed E-state index contributed by atoms with van der Waals surface area (Å²) < 4.78 is 40.2. The van der Waals surface area contributed by atoms with E-state index < -0.39 is 21.6 Å². The summed E-state index contributed by atoms with van der Waals surface area (Å²) in [6, 6.07) is 15.4. The zero-order valence-corrected chi connectivity index (χ0v) is 15.9. The van der Waals surface area contributed by atoms with Gasteiger partial charge in [-0.2, -0.15) is 0 Å². The summed E-state index contributed by atoms with van der Waals surface area (Å²) in [6.07, 6.45) is 3.03. The molecule has 0 aliphatic heterocycles. The van der Waals surface area contributed by atoms with Crippen LogP contribution < -0.4 is 5.32 Å². The first kappa shape index (κ1) is 19.8. The summed E-state index contributed by atoms with van der Waals surface area (Å²) in [6.45, 7) is 0.513. The van der Waals surface area contributed by atoms with Crippen LogP contribution in [0.2, 0.25) is 0 Å². The molecule has 0 saturated carbocycles. The van der Waals surface area contributed by atoms with Gasteiger partial charge in [0.1, 0.15) is 17.4 Å². The topological polar surface area (TPSA) is 81.1 Å². The lowest BCUT2D eigenvalue weighted by Gasteiger charge is -2.09. The fourth-order valence-corrected chi connectivity index (χ4v) is 3.97. The lowest BCUT2D eigenvalue weighted by atomic mass is 10.2. The maximum absolute atomic E-state index is 13.6. The normalized spacial score (nSPS) is 11.3. The van der Waals surface area contributed by atoms with Crippen molar-refractivity contribution in [3.05, 3.63) is 84.2 Å². The number of carbonyl (C=O) groups is 1. The van der Waals surface area contributed by atoms with Gasteiger partial charge in [0.2, 0.25) is 5.91 Å². The minimum Gasteiger partial charge on any atom is -0.330 e. The molecule has 0 atom stereocenters. The average molecular weight is 401 g/mol. The van der Waals surface area contributed by atoms with E-state index in [2.05, 4.69) is 10.3 Å². The summed E-state index contributed by atoms with van der Waals surface area (Å²) in [5.41, 5.74) is 1.06. The van der Waals surface area contributed by atoms with Gasteiger partial charge in [-0.15, -0.1) is 0 Å². The molecule has 3 aromatic rings. The van der Waals surface area contributed by atoms with Crippen LogP contribution in [0.1, 0.15) is 17.8 Å². The highest BCUT2D eigenvalue weighted by Crippen LogP contribution is 2.14. The number of amides is 1. The standard InChI is InChI=1S/C20H20FN3O3S/c21-17-8-4-5-9-18(17)23-20(25)10-13-28(26,27)15-19-22-11-12-24(19)14-16-6-2-1-3-7-16/h1-9,11-12H,10,13-15H2,(H,23,25). The Hall–Kier alpha value is -3.00. The van der Waals surface area contributed by atoms with Gasteiger partial charge in [0.15, 0.2) is 9.84 Å². The number of carbonyl (C=O) groups excluding carboxylic acids is 1. The molecule has 146 valence electrons. The molecule has 0 fully saturated rings. The molecule has 0 aliphatic carbocycles. The highest BCUT2D eigenvalue weighted by molar-refractivity contribution is 7.90. The molecule has 8 heteroatoms. The number of benzene rings is 2. The number of aromatic nitrogens is 2. The van der Waals surface area contributed by atoms with E-state index in [1.807, 2.05) is 30.3 Å². The minimum atomic E-state index is -3.55. The van der Waals surface area contributed by atoms with Gasteiger partial charge >= 0.3 is 0 Å². The summed E-state index contributed by atoms with van der Waals surface area (Å²) in [7, 11) is -3.55. The largest absolute Gasteiger partial charge is 0.330 e. The monoisotopic (exact) mass is 401 g/mol. The minimum absolute atomic E-state index is 0.0308. The number of anilines is 1. The van der Waals surface area contributed by atoms with E-state index in [-0.39, 0.29) is 23.6 Å². The van der Waals surface area contributed by atoms with E-state index in [1.54, 1.807) is 23.0 Å². The van der Waals surface area contributed by atoms with Crippen LogP contribution in [0.15, 0.2) is 67.0 Å². The molecule has 0 saturated heterocycles. The third kappa shape index (κ3) is 5.50.